The average Bonchev–Trinajstić information content (AvgIpc) is 2.67. The van der Waals surface area contributed by atoms with Crippen molar-refractivity contribution >= 4 is 0 Å². The van der Waals surface area contributed by atoms with E-state index in [4.69, 9.17) is 0 Å². The Labute approximate surface area is 97.2 Å². The van der Waals surface area contributed by atoms with Gasteiger partial charge in [0.15, 0.2) is 0 Å². The summed E-state index contributed by atoms with van der Waals surface area (Å²) in [5.41, 5.74) is 0. The zero-order chi connectivity index (χ0) is 7.07. The topological polar surface area (TPSA) is 0 Å². The van der Waals surface area contributed by atoms with Gasteiger partial charge in [-0.15, -0.1) is 0 Å². The van der Waals surface area contributed by atoms with Gasteiger partial charge >= 0.3 is 17.1 Å². The van der Waals surface area contributed by atoms with E-state index in [0.717, 1.165) is 0 Å². The van der Waals surface area contributed by atoms with E-state index in [9.17, 15) is 0 Å². The van der Waals surface area contributed by atoms with Gasteiger partial charge in [0.2, 0.25) is 0 Å². The molecule has 0 saturated carbocycles. The first-order chi connectivity index (χ1) is 5.00. The molecule has 0 aliphatic heterocycles. The van der Waals surface area contributed by atoms with Gasteiger partial charge < -0.3 is 0 Å². The molecular formula is C10H10FeOs. The molecule has 0 atom stereocenters. The van der Waals surface area contributed by atoms with Crippen molar-refractivity contribution in [1.82, 2.24) is 0 Å². The summed E-state index contributed by atoms with van der Waals surface area (Å²) >= 11 is 0. The Hall–Kier alpha value is -0.144. The van der Waals surface area contributed by atoms with Crippen molar-refractivity contribution in [3.8, 4) is 0 Å². The van der Waals surface area contributed by atoms with E-state index < -0.39 is 0 Å². The van der Waals surface area contributed by atoms with Gasteiger partial charge in [0.1, 0.15) is 0 Å². The van der Waals surface area contributed by atoms with Crippen LogP contribution in [0.1, 0.15) is 0 Å². The molecule has 0 amide bonds. The van der Waals surface area contributed by atoms with Gasteiger partial charge in [-0.05, 0) is 0 Å². The van der Waals surface area contributed by atoms with Gasteiger partial charge in [-0.3, -0.25) is 0 Å². The predicted octanol–water partition coefficient (Wildman–Crippen LogP) is 2.81. The molecule has 0 aromatic heterocycles. The first kappa shape index (κ1) is 14.4. The van der Waals surface area contributed by atoms with E-state index in [1.165, 1.54) is 0 Å². The zero-order valence-corrected chi connectivity index (χ0v) is 10.1. The molecule has 0 bridgehead atoms. The monoisotopic (exact) mass is 378 g/mol. The second-order valence-corrected chi connectivity index (χ2v) is 1.92. The van der Waals surface area contributed by atoms with Crippen LogP contribution in [0.2, 0.25) is 0 Å². The second kappa shape index (κ2) is 10.9. The Balaban J connectivity index is 0. The standard InChI is InChI=1S/2C5H5.Fe.Os/c2*1-2-4-5-3-1;;/h2*1-5H;;/q2*-1;+2;. The second-order valence-electron chi connectivity index (χ2n) is 1.92. The predicted molar refractivity (Wildman–Crippen MR) is 44.1 cm³/mol. The van der Waals surface area contributed by atoms with Crippen molar-refractivity contribution < 1.29 is 36.9 Å². The smallest absolute Gasteiger partial charge is 0.214 e. The van der Waals surface area contributed by atoms with E-state index in [1.54, 1.807) is 0 Å². The van der Waals surface area contributed by atoms with Crippen LogP contribution in [0.3, 0.4) is 0 Å². The third-order valence-electron chi connectivity index (χ3n) is 1.11. The molecule has 12 heavy (non-hydrogen) atoms. The third kappa shape index (κ3) is 7.96. The average molecular weight is 376 g/mol. The summed E-state index contributed by atoms with van der Waals surface area (Å²) < 4.78 is 0. The minimum Gasteiger partial charge on any atom is -0.214 e. The van der Waals surface area contributed by atoms with Crippen LogP contribution < -0.4 is 0 Å². The summed E-state index contributed by atoms with van der Waals surface area (Å²) in [5.74, 6) is 0. The summed E-state index contributed by atoms with van der Waals surface area (Å²) in [4.78, 5) is 0. The van der Waals surface area contributed by atoms with Gasteiger partial charge in [0, 0.05) is 19.8 Å². The minimum atomic E-state index is 0. The van der Waals surface area contributed by atoms with Crippen LogP contribution >= 0.6 is 0 Å². The van der Waals surface area contributed by atoms with Crippen molar-refractivity contribution in [2.24, 2.45) is 0 Å². The van der Waals surface area contributed by atoms with E-state index in [0.29, 0.717) is 0 Å². The maximum Gasteiger partial charge on any atom is 2.00 e. The Morgan fingerprint density at radius 3 is 0.917 bits per heavy atom. The molecule has 2 aromatic rings. The van der Waals surface area contributed by atoms with Crippen LogP contribution in [-0.2, 0) is 36.9 Å². The molecule has 0 nitrogen and oxygen atoms in total. The van der Waals surface area contributed by atoms with Crippen LogP contribution in [-0.4, -0.2) is 0 Å². The van der Waals surface area contributed by atoms with Crippen LogP contribution in [0, 0.1) is 0 Å². The van der Waals surface area contributed by atoms with Crippen molar-refractivity contribution in [1.29, 1.82) is 0 Å². The van der Waals surface area contributed by atoms with Gasteiger partial charge in [-0.2, -0.15) is 36.4 Å². The molecule has 0 N–H and O–H groups in total. The van der Waals surface area contributed by atoms with Crippen molar-refractivity contribution in [3.05, 3.63) is 60.7 Å². The zero-order valence-electron chi connectivity index (χ0n) is 6.48. The number of hydrogen-bond acceptors (Lipinski definition) is 0. The minimum absolute atomic E-state index is 0. The van der Waals surface area contributed by atoms with Gasteiger partial charge in [0.05, 0.1) is 0 Å². The fourth-order valence-corrected chi connectivity index (χ4v) is 0.642. The van der Waals surface area contributed by atoms with Crippen LogP contribution in [0.5, 0.6) is 0 Å². The molecule has 0 aliphatic carbocycles. The molecule has 0 aliphatic rings. The normalized spacial score (nSPS) is 6.67. The van der Waals surface area contributed by atoms with Crippen molar-refractivity contribution in [2.45, 2.75) is 0 Å². The van der Waals surface area contributed by atoms with Crippen LogP contribution in [0.4, 0.5) is 0 Å². The van der Waals surface area contributed by atoms with Crippen LogP contribution in [0.25, 0.3) is 0 Å². The van der Waals surface area contributed by atoms with Gasteiger partial charge in [0.25, 0.3) is 0 Å². The molecule has 66 valence electrons. The quantitative estimate of drug-likeness (QED) is 0.490. The molecule has 2 rings (SSSR count). The summed E-state index contributed by atoms with van der Waals surface area (Å²) in [6.45, 7) is 0. The molecular weight excluding hydrogens is 366 g/mol. The van der Waals surface area contributed by atoms with Crippen molar-refractivity contribution in [2.75, 3.05) is 0 Å². The first-order valence-electron chi connectivity index (χ1n) is 3.33. The summed E-state index contributed by atoms with van der Waals surface area (Å²) in [5, 5.41) is 0. The molecule has 0 saturated heterocycles. The van der Waals surface area contributed by atoms with Crippen LogP contribution in [0.15, 0.2) is 60.7 Å². The molecule has 2 heteroatoms. The Kier molecular flexibility index (Phi) is 13.0. The number of rotatable bonds is 0. The third-order valence-corrected chi connectivity index (χ3v) is 1.11. The Bertz CT molecular complexity index is 149. The fraction of sp³-hybridized carbons (Fsp3) is 0. The summed E-state index contributed by atoms with van der Waals surface area (Å²) in [6, 6.07) is 20.0. The van der Waals surface area contributed by atoms with Gasteiger partial charge in [-0.25, -0.2) is 24.3 Å². The van der Waals surface area contributed by atoms with E-state index in [-0.39, 0.29) is 36.9 Å². The van der Waals surface area contributed by atoms with E-state index >= 15 is 0 Å². The molecule has 0 radical (unpaired) electrons. The Morgan fingerprint density at radius 2 is 0.833 bits per heavy atom. The molecule has 2 aromatic carbocycles. The maximum absolute atomic E-state index is 2.00. The fourth-order valence-electron chi connectivity index (χ4n) is 0.642. The molecule has 0 unspecified atom stereocenters. The largest absolute Gasteiger partial charge is 2.00 e. The molecule has 0 heterocycles. The Morgan fingerprint density at radius 1 is 0.583 bits per heavy atom. The first-order valence-corrected chi connectivity index (χ1v) is 3.33. The van der Waals surface area contributed by atoms with Gasteiger partial charge in [-0.1, -0.05) is 0 Å². The summed E-state index contributed by atoms with van der Waals surface area (Å²) in [7, 11) is 0. The SMILES string of the molecule is [Fe+2].[Os].c1cc[cH-]c1.c1cc[cH-]c1. The molecule has 0 fully saturated rings. The maximum atomic E-state index is 2.00. The molecule has 0 spiro atoms. The van der Waals surface area contributed by atoms with Crippen molar-refractivity contribution in [3.63, 3.8) is 0 Å². The number of hydrogen-bond donors (Lipinski definition) is 0. The van der Waals surface area contributed by atoms with E-state index in [1.807, 2.05) is 60.7 Å². The summed E-state index contributed by atoms with van der Waals surface area (Å²) in [6.07, 6.45) is 0. The van der Waals surface area contributed by atoms with E-state index in [2.05, 4.69) is 0 Å².